The van der Waals surface area contributed by atoms with Gasteiger partial charge in [-0.25, -0.2) is 4.79 Å². The van der Waals surface area contributed by atoms with Gasteiger partial charge in [0.2, 0.25) is 0 Å². The SMILES string of the molecule is CCNc1sc(C(=O)OCC)c(N)c1OC(C)C. The summed E-state index contributed by atoms with van der Waals surface area (Å²) in [4.78, 5) is 12.1. The van der Waals surface area contributed by atoms with Gasteiger partial charge in [0.05, 0.1) is 12.7 Å². The summed E-state index contributed by atoms with van der Waals surface area (Å²) in [5, 5.41) is 3.92. The van der Waals surface area contributed by atoms with Crippen LogP contribution in [0.5, 0.6) is 5.75 Å². The molecule has 0 atom stereocenters. The minimum atomic E-state index is -0.405. The summed E-state index contributed by atoms with van der Waals surface area (Å²) in [7, 11) is 0. The van der Waals surface area contributed by atoms with E-state index in [4.69, 9.17) is 15.2 Å². The summed E-state index contributed by atoms with van der Waals surface area (Å²) >= 11 is 1.27. The van der Waals surface area contributed by atoms with Crippen molar-refractivity contribution in [1.29, 1.82) is 0 Å². The van der Waals surface area contributed by atoms with E-state index in [0.29, 0.717) is 22.9 Å². The smallest absolute Gasteiger partial charge is 0.350 e. The Morgan fingerprint density at radius 1 is 1.44 bits per heavy atom. The van der Waals surface area contributed by atoms with Gasteiger partial charge in [0.15, 0.2) is 5.75 Å². The first-order valence-corrected chi connectivity index (χ1v) is 6.82. The van der Waals surface area contributed by atoms with Gasteiger partial charge in [-0.1, -0.05) is 0 Å². The number of esters is 1. The van der Waals surface area contributed by atoms with Crippen LogP contribution in [-0.2, 0) is 4.74 Å². The third-order valence-corrected chi connectivity index (χ3v) is 3.18. The lowest BCUT2D eigenvalue weighted by Gasteiger charge is -2.11. The highest BCUT2D eigenvalue weighted by molar-refractivity contribution is 7.19. The predicted octanol–water partition coefficient (Wildman–Crippen LogP) is 2.73. The molecular weight excluding hydrogens is 252 g/mol. The van der Waals surface area contributed by atoms with Gasteiger partial charge in [-0.2, -0.15) is 0 Å². The zero-order chi connectivity index (χ0) is 13.7. The quantitative estimate of drug-likeness (QED) is 0.779. The van der Waals surface area contributed by atoms with E-state index in [0.717, 1.165) is 11.5 Å². The lowest BCUT2D eigenvalue weighted by Crippen LogP contribution is -2.09. The molecule has 0 saturated carbocycles. The molecule has 0 aromatic carbocycles. The highest BCUT2D eigenvalue weighted by atomic mass is 32.1. The molecule has 1 aromatic rings. The topological polar surface area (TPSA) is 73.6 Å². The average molecular weight is 272 g/mol. The molecule has 0 bridgehead atoms. The number of hydrogen-bond donors (Lipinski definition) is 2. The molecule has 1 aromatic heterocycles. The Morgan fingerprint density at radius 3 is 2.61 bits per heavy atom. The lowest BCUT2D eigenvalue weighted by atomic mass is 10.3. The van der Waals surface area contributed by atoms with Crippen molar-refractivity contribution >= 4 is 28.0 Å². The monoisotopic (exact) mass is 272 g/mol. The molecule has 0 saturated heterocycles. The Labute approximate surface area is 111 Å². The van der Waals surface area contributed by atoms with Crippen molar-refractivity contribution in [3.63, 3.8) is 0 Å². The molecule has 1 rings (SSSR count). The lowest BCUT2D eigenvalue weighted by molar-refractivity contribution is 0.0533. The van der Waals surface area contributed by atoms with Crippen LogP contribution in [0.1, 0.15) is 37.4 Å². The molecule has 0 fully saturated rings. The van der Waals surface area contributed by atoms with Crippen LogP contribution in [-0.4, -0.2) is 25.2 Å². The number of carbonyl (C=O) groups excluding carboxylic acids is 1. The molecule has 3 N–H and O–H groups in total. The van der Waals surface area contributed by atoms with Crippen LogP contribution in [0.25, 0.3) is 0 Å². The highest BCUT2D eigenvalue weighted by Gasteiger charge is 2.23. The first-order chi connectivity index (χ1) is 8.51. The van der Waals surface area contributed by atoms with Crippen molar-refractivity contribution in [2.24, 2.45) is 0 Å². The first-order valence-electron chi connectivity index (χ1n) is 6.01. The fraction of sp³-hybridized carbons (Fsp3) is 0.583. The third kappa shape index (κ3) is 3.29. The molecule has 1 heterocycles. The molecule has 5 nitrogen and oxygen atoms in total. The normalized spacial score (nSPS) is 10.5. The summed E-state index contributed by atoms with van der Waals surface area (Å²) in [6.07, 6.45) is -0.00523. The van der Waals surface area contributed by atoms with Gasteiger partial charge in [-0.15, -0.1) is 11.3 Å². The average Bonchev–Trinajstić information content (AvgIpc) is 2.58. The summed E-state index contributed by atoms with van der Waals surface area (Å²) in [5.74, 6) is 0.137. The molecule has 0 aliphatic heterocycles. The van der Waals surface area contributed by atoms with Crippen LogP contribution in [0.3, 0.4) is 0 Å². The number of nitrogens with two attached hydrogens (primary N) is 1. The van der Waals surface area contributed by atoms with Crippen molar-refractivity contribution < 1.29 is 14.3 Å². The summed E-state index contributed by atoms with van der Waals surface area (Å²) in [6.45, 7) is 8.62. The zero-order valence-corrected chi connectivity index (χ0v) is 12.0. The maximum atomic E-state index is 11.7. The number of hydrogen-bond acceptors (Lipinski definition) is 6. The van der Waals surface area contributed by atoms with Crippen LogP contribution < -0.4 is 15.8 Å². The minimum Gasteiger partial charge on any atom is -0.486 e. The second kappa shape index (κ2) is 6.49. The molecule has 0 spiro atoms. The molecule has 6 heteroatoms. The number of nitrogens with one attached hydrogen (secondary N) is 1. The summed E-state index contributed by atoms with van der Waals surface area (Å²) in [5.41, 5.74) is 6.31. The van der Waals surface area contributed by atoms with E-state index in [9.17, 15) is 4.79 Å². The van der Waals surface area contributed by atoms with Crippen LogP contribution in [0, 0.1) is 0 Å². The standard InChI is InChI=1S/C12H20N2O3S/c1-5-14-11-9(17-7(3)4)8(13)10(18-11)12(15)16-6-2/h7,14H,5-6,13H2,1-4H3. The number of nitrogen functional groups attached to an aromatic ring is 1. The van der Waals surface area contributed by atoms with Gasteiger partial charge in [0.1, 0.15) is 15.6 Å². The van der Waals surface area contributed by atoms with Gasteiger partial charge in [0.25, 0.3) is 0 Å². The zero-order valence-electron chi connectivity index (χ0n) is 11.2. The molecule has 18 heavy (non-hydrogen) atoms. The Kier molecular flexibility index (Phi) is 5.27. The van der Waals surface area contributed by atoms with Crippen LogP contribution in [0.15, 0.2) is 0 Å². The molecule has 0 aliphatic carbocycles. The predicted molar refractivity (Wildman–Crippen MR) is 74.6 cm³/mol. The maximum Gasteiger partial charge on any atom is 0.350 e. The largest absolute Gasteiger partial charge is 0.486 e. The van der Waals surface area contributed by atoms with Gasteiger partial charge >= 0.3 is 5.97 Å². The van der Waals surface area contributed by atoms with E-state index >= 15 is 0 Å². The van der Waals surface area contributed by atoms with Gasteiger partial charge < -0.3 is 20.5 Å². The summed E-state index contributed by atoms with van der Waals surface area (Å²) < 4.78 is 10.6. The number of anilines is 2. The molecular formula is C12H20N2O3S. The van der Waals surface area contributed by atoms with Crippen molar-refractivity contribution in [2.75, 3.05) is 24.2 Å². The minimum absolute atomic E-state index is 0.00523. The number of thiophene rings is 1. The van der Waals surface area contributed by atoms with Crippen molar-refractivity contribution in [2.45, 2.75) is 33.8 Å². The number of rotatable bonds is 6. The van der Waals surface area contributed by atoms with E-state index in [2.05, 4.69) is 5.32 Å². The van der Waals surface area contributed by atoms with E-state index in [-0.39, 0.29) is 6.10 Å². The van der Waals surface area contributed by atoms with E-state index < -0.39 is 5.97 Å². The van der Waals surface area contributed by atoms with Crippen LogP contribution in [0.4, 0.5) is 10.7 Å². The first kappa shape index (κ1) is 14.6. The molecule has 0 radical (unpaired) electrons. The van der Waals surface area contributed by atoms with E-state index in [1.54, 1.807) is 6.92 Å². The second-order valence-electron chi connectivity index (χ2n) is 3.92. The third-order valence-electron chi connectivity index (χ3n) is 2.05. The number of ether oxygens (including phenoxy) is 2. The molecule has 0 aliphatic rings. The fourth-order valence-corrected chi connectivity index (χ4v) is 2.42. The summed E-state index contributed by atoms with van der Waals surface area (Å²) in [6, 6.07) is 0. The Hall–Kier alpha value is -1.43. The van der Waals surface area contributed by atoms with Gasteiger partial charge in [-0.3, -0.25) is 0 Å². The Bertz CT molecular complexity index is 416. The van der Waals surface area contributed by atoms with Crippen molar-refractivity contribution in [3.05, 3.63) is 4.88 Å². The second-order valence-corrected chi connectivity index (χ2v) is 4.94. The molecule has 0 unspecified atom stereocenters. The Balaban J connectivity index is 3.10. The maximum absolute atomic E-state index is 11.7. The van der Waals surface area contributed by atoms with Gasteiger partial charge in [-0.05, 0) is 27.7 Å². The Morgan fingerprint density at radius 2 is 2.11 bits per heavy atom. The highest BCUT2D eigenvalue weighted by Crippen LogP contribution is 2.43. The molecule has 0 amide bonds. The van der Waals surface area contributed by atoms with Crippen LogP contribution >= 0.6 is 11.3 Å². The van der Waals surface area contributed by atoms with Crippen molar-refractivity contribution in [1.82, 2.24) is 0 Å². The van der Waals surface area contributed by atoms with Crippen LogP contribution in [0.2, 0.25) is 0 Å². The van der Waals surface area contributed by atoms with Crippen molar-refractivity contribution in [3.8, 4) is 5.75 Å². The fourth-order valence-electron chi connectivity index (χ4n) is 1.41. The van der Waals surface area contributed by atoms with E-state index in [1.165, 1.54) is 11.3 Å². The van der Waals surface area contributed by atoms with E-state index in [1.807, 2.05) is 20.8 Å². The number of carbonyl (C=O) groups is 1. The molecule has 102 valence electrons. The van der Waals surface area contributed by atoms with Gasteiger partial charge in [0, 0.05) is 6.54 Å².